The lowest BCUT2D eigenvalue weighted by Crippen LogP contribution is -2.77. The molecule has 2 bridgehead atoms. The Kier molecular flexibility index (Phi) is 6.94. The fraction of sp³-hybridized carbons (Fsp3) is 0.786. The van der Waals surface area contributed by atoms with Crippen molar-refractivity contribution in [1.29, 1.82) is 0 Å². The topological polar surface area (TPSA) is 78.9 Å². The number of nitrogens with zero attached hydrogens (tertiary/aromatic N) is 1. The number of piperidine rings is 1. The molecule has 8 nitrogen and oxygen atoms in total. The number of aliphatic hydroxyl groups is 1. The van der Waals surface area contributed by atoms with Crippen LogP contribution in [0, 0.1) is 5.92 Å². The highest BCUT2D eigenvalue weighted by atomic mass is 16.7. The molecule has 1 spiro atoms. The predicted molar refractivity (Wildman–Crippen MR) is 133 cm³/mol. The van der Waals surface area contributed by atoms with E-state index in [9.17, 15) is 5.11 Å². The number of benzene rings is 1. The molecular formula is C28H41NO7. The quantitative estimate of drug-likeness (QED) is 0.345. The third kappa shape index (κ3) is 3.79. The largest absolute Gasteiger partial charge is 0.482 e. The first-order valence-corrected chi connectivity index (χ1v) is 13.7. The highest BCUT2D eigenvalue weighted by Crippen LogP contribution is 2.66. The lowest BCUT2D eigenvalue weighted by atomic mass is 9.48. The third-order valence-corrected chi connectivity index (χ3v) is 9.57. The molecule has 1 unspecified atom stereocenters. The zero-order valence-corrected chi connectivity index (χ0v) is 21.7. The van der Waals surface area contributed by atoms with Crippen LogP contribution in [0.2, 0.25) is 0 Å². The molecule has 0 amide bonds. The number of methoxy groups -OCH3 is 2. The standard InChI is InChI=1S/C28H41NO7/c1-31-12-14-33-18-35-21-7-6-20-16-23-28(30)9-8-22(34-15-13-32-2)26-27(28,24(20)25(21)36-26)10-11-29(23)17-19-4-3-5-19/h6-7,19,22-23,26,30H,3-5,8-18H2,1-2H3/t22-,23+,26?,27-,28+/m0/s1. The van der Waals surface area contributed by atoms with Gasteiger partial charge in [-0.15, -0.1) is 0 Å². The van der Waals surface area contributed by atoms with E-state index >= 15 is 0 Å². The van der Waals surface area contributed by atoms with Gasteiger partial charge in [-0.2, -0.15) is 0 Å². The van der Waals surface area contributed by atoms with Crippen LogP contribution >= 0.6 is 0 Å². The molecule has 2 aliphatic heterocycles. The van der Waals surface area contributed by atoms with Gasteiger partial charge in [-0.1, -0.05) is 12.5 Å². The maximum Gasteiger partial charge on any atom is 0.189 e. The predicted octanol–water partition coefficient (Wildman–Crippen LogP) is 2.67. The summed E-state index contributed by atoms with van der Waals surface area (Å²) in [5.74, 6) is 2.24. The van der Waals surface area contributed by atoms with Crippen molar-refractivity contribution in [2.24, 2.45) is 5.92 Å². The molecule has 3 aliphatic carbocycles. The van der Waals surface area contributed by atoms with Crippen molar-refractivity contribution in [3.05, 3.63) is 23.3 Å². The molecule has 1 N–H and O–H groups in total. The maximum atomic E-state index is 12.7. The lowest BCUT2D eigenvalue weighted by molar-refractivity contribution is -0.217. The average molecular weight is 504 g/mol. The first kappa shape index (κ1) is 24.9. The molecule has 1 saturated heterocycles. The zero-order valence-electron chi connectivity index (χ0n) is 21.7. The van der Waals surface area contributed by atoms with Crippen molar-refractivity contribution in [3.8, 4) is 11.5 Å². The summed E-state index contributed by atoms with van der Waals surface area (Å²) in [5, 5.41) is 12.7. The van der Waals surface area contributed by atoms with Gasteiger partial charge in [0.1, 0.15) is 6.10 Å². The van der Waals surface area contributed by atoms with E-state index in [1.807, 2.05) is 6.07 Å². The van der Waals surface area contributed by atoms with Crippen LogP contribution in [-0.2, 0) is 30.8 Å². The van der Waals surface area contributed by atoms with Crippen molar-refractivity contribution in [3.63, 3.8) is 0 Å². The Morgan fingerprint density at radius 2 is 1.89 bits per heavy atom. The second-order valence-electron chi connectivity index (χ2n) is 11.2. The van der Waals surface area contributed by atoms with E-state index < -0.39 is 11.0 Å². The van der Waals surface area contributed by atoms with Gasteiger partial charge in [0, 0.05) is 32.4 Å². The molecule has 2 heterocycles. The molecule has 2 saturated carbocycles. The number of likely N-dealkylation sites (tertiary alicyclic amines) is 1. The number of ether oxygens (including phenoxy) is 6. The molecule has 0 radical (unpaired) electrons. The molecule has 1 aromatic rings. The van der Waals surface area contributed by atoms with E-state index in [1.54, 1.807) is 14.2 Å². The minimum atomic E-state index is -0.841. The Balaban J connectivity index is 1.34. The summed E-state index contributed by atoms with van der Waals surface area (Å²) in [4.78, 5) is 2.60. The van der Waals surface area contributed by atoms with Gasteiger partial charge in [-0.3, -0.25) is 4.90 Å². The Morgan fingerprint density at radius 3 is 2.67 bits per heavy atom. The summed E-state index contributed by atoms with van der Waals surface area (Å²) in [6, 6.07) is 4.31. The van der Waals surface area contributed by atoms with Crippen molar-refractivity contribution in [2.45, 2.75) is 74.2 Å². The van der Waals surface area contributed by atoms with E-state index in [2.05, 4.69) is 11.0 Å². The van der Waals surface area contributed by atoms with Crippen LogP contribution in [0.5, 0.6) is 11.5 Å². The SMILES string of the molecule is COCCOCOc1ccc2c3c1OC1[C@@H](OCCOC)CC[C@@]4(O)[C@@H](C2)N(CC2CCC2)CC[C@]314. The molecule has 8 heteroatoms. The van der Waals surface area contributed by atoms with Gasteiger partial charge in [0.25, 0.3) is 0 Å². The third-order valence-electron chi connectivity index (χ3n) is 9.57. The Morgan fingerprint density at radius 1 is 1.06 bits per heavy atom. The Labute approximate surface area is 214 Å². The minimum absolute atomic E-state index is 0.0941. The number of rotatable bonds is 12. The zero-order chi connectivity index (χ0) is 24.8. The molecule has 5 aliphatic rings. The van der Waals surface area contributed by atoms with Gasteiger partial charge in [-0.25, -0.2) is 0 Å². The normalized spacial score (nSPS) is 34.7. The van der Waals surface area contributed by atoms with E-state index in [4.69, 9.17) is 28.4 Å². The van der Waals surface area contributed by atoms with Crippen LogP contribution in [0.4, 0.5) is 0 Å². The van der Waals surface area contributed by atoms with Crippen LogP contribution in [0.3, 0.4) is 0 Å². The molecule has 0 aromatic heterocycles. The molecule has 5 atom stereocenters. The van der Waals surface area contributed by atoms with Crippen LogP contribution in [0.25, 0.3) is 0 Å². The van der Waals surface area contributed by atoms with E-state index in [-0.39, 0.29) is 25.0 Å². The van der Waals surface area contributed by atoms with E-state index in [0.29, 0.717) is 32.2 Å². The molecule has 200 valence electrons. The van der Waals surface area contributed by atoms with Gasteiger partial charge < -0.3 is 33.5 Å². The summed E-state index contributed by atoms with van der Waals surface area (Å²) in [6.45, 7) is 4.28. The monoisotopic (exact) mass is 503 g/mol. The maximum absolute atomic E-state index is 12.7. The fourth-order valence-electron chi connectivity index (χ4n) is 7.67. The van der Waals surface area contributed by atoms with Crippen LogP contribution < -0.4 is 9.47 Å². The summed E-state index contributed by atoms with van der Waals surface area (Å²) in [5.41, 5.74) is 1.12. The van der Waals surface area contributed by atoms with E-state index in [1.165, 1.54) is 24.8 Å². The molecule has 36 heavy (non-hydrogen) atoms. The number of hydrogen-bond acceptors (Lipinski definition) is 8. The first-order chi connectivity index (χ1) is 17.6. The minimum Gasteiger partial charge on any atom is -0.482 e. The van der Waals surface area contributed by atoms with Crippen molar-refractivity contribution >= 4 is 0 Å². The molecule has 6 rings (SSSR count). The highest BCUT2D eigenvalue weighted by molar-refractivity contribution is 5.63. The van der Waals surface area contributed by atoms with Crippen molar-refractivity contribution in [2.75, 3.05) is 60.5 Å². The first-order valence-electron chi connectivity index (χ1n) is 13.7. The Bertz CT molecular complexity index is 939. The van der Waals surface area contributed by atoms with Crippen molar-refractivity contribution < 1.29 is 33.5 Å². The summed E-state index contributed by atoms with van der Waals surface area (Å²) < 4.78 is 35.1. The smallest absolute Gasteiger partial charge is 0.189 e. The second kappa shape index (κ2) is 10.0. The van der Waals surface area contributed by atoms with Gasteiger partial charge >= 0.3 is 0 Å². The molecular weight excluding hydrogens is 462 g/mol. The van der Waals surface area contributed by atoms with Gasteiger partial charge in [-0.05, 0) is 62.6 Å². The van der Waals surface area contributed by atoms with Gasteiger partial charge in [0.15, 0.2) is 18.3 Å². The van der Waals surface area contributed by atoms with Crippen LogP contribution in [-0.4, -0.2) is 94.4 Å². The van der Waals surface area contributed by atoms with Gasteiger partial charge in [0.2, 0.25) is 0 Å². The summed E-state index contributed by atoms with van der Waals surface area (Å²) in [7, 11) is 3.35. The molecule has 3 fully saturated rings. The Hall–Kier alpha value is -1.42. The van der Waals surface area contributed by atoms with Crippen LogP contribution in [0.15, 0.2) is 12.1 Å². The lowest BCUT2D eigenvalue weighted by Gasteiger charge is -2.64. The summed E-state index contributed by atoms with van der Waals surface area (Å²) >= 11 is 0. The summed E-state index contributed by atoms with van der Waals surface area (Å²) in [6.07, 6.45) is 6.87. The average Bonchev–Trinajstić information content (AvgIpc) is 3.20. The van der Waals surface area contributed by atoms with E-state index in [0.717, 1.165) is 56.0 Å². The second-order valence-corrected chi connectivity index (χ2v) is 11.2. The highest BCUT2D eigenvalue weighted by Gasteiger charge is 2.73. The fourth-order valence-corrected chi connectivity index (χ4v) is 7.67. The van der Waals surface area contributed by atoms with Crippen LogP contribution in [0.1, 0.15) is 49.7 Å². The van der Waals surface area contributed by atoms with Crippen molar-refractivity contribution in [1.82, 2.24) is 4.90 Å². The van der Waals surface area contributed by atoms with Gasteiger partial charge in [0.05, 0.1) is 43.5 Å². The number of hydrogen-bond donors (Lipinski definition) is 1. The molecule has 1 aromatic carbocycles.